The van der Waals surface area contributed by atoms with E-state index in [1.54, 1.807) is 0 Å². The number of rotatable bonds is 4. The Hall–Kier alpha value is -1.89. The first-order chi connectivity index (χ1) is 10.4. The number of benzene rings is 1. The van der Waals surface area contributed by atoms with Gasteiger partial charge in [-0.3, -0.25) is 9.59 Å². The molecule has 1 saturated heterocycles. The summed E-state index contributed by atoms with van der Waals surface area (Å²) < 4.78 is 18.2. The lowest BCUT2D eigenvalue weighted by Gasteiger charge is -2.19. The molecular weight excluding hydrogens is 309 g/mol. The maximum absolute atomic E-state index is 13.5. The SMILES string of the molecule is COC(=O)c1ccc(F)cc1N1CC(CSC(C)=O)CC1=O. The van der Waals surface area contributed by atoms with Crippen LogP contribution in [0.15, 0.2) is 18.2 Å². The molecule has 1 heterocycles. The number of ether oxygens (including phenoxy) is 1. The summed E-state index contributed by atoms with van der Waals surface area (Å²) in [4.78, 5) is 36.3. The molecule has 22 heavy (non-hydrogen) atoms. The smallest absolute Gasteiger partial charge is 0.339 e. The second kappa shape index (κ2) is 6.91. The van der Waals surface area contributed by atoms with Crippen molar-refractivity contribution in [3.63, 3.8) is 0 Å². The summed E-state index contributed by atoms with van der Waals surface area (Å²) in [5.74, 6) is -0.818. The maximum Gasteiger partial charge on any atom is 0.339 e. The lowest BCUT2D eigenvalue weighted by Crippen LogP contribution is -2.27. The van der Waals surface area contributed by atoms with Gasteiger partial charge in [0.1, 0.15) is 5.82 Å². The van der Waals surface area contributed by atoms with Crippen LogP contribution in [-0.2, 0) is 14.3 Å². The Morgan fingerprint density at radius 3 is 2.82 bits per heavy atom. The second-order valence-electron chi connectivity index (χ2n) is 5.03. The van der Waals surface area contributed by atoms with Crippen LogP contribution >= 0.6 is 11.8 Å². The molecule has 1 atom stereocenters. The van der Waals surface area contributed by atoms with Gasteiger partial charge in [-0.2, -0.15) is 0 Å². The average Bonchev–Trinajstić information content (AvgIpc) is 2.85. The van der Waals surface area contributed by atoms with E-state index in [-0.39, 0.29) is 34.6 Å². The number of carbonyl (C=O) groups excluding carboxylic acids is 3. The first-order valence-corrected chi connectivity index (χ1v) is 7.72. The Labute approximate surface area is 131 Å². The van der Waals surface area contributed by atoms with E-state index in [4.69, 9.17) is 0 Å². The topological polar surface area (TPSA) is 63.7 Å². The zero-order valence-corrected chi connectivity index (χ0v) is 13.1. The highest BCUT2D eigenvalue weighted by molar-refractivity contribution is 8.13. The predicted molar refractivity (Wildman–Crippen MR) is 81.3 cm³/mol. The van der Waals surface area contributed by atoms with Crippen molar-refractivity contribution in [3.8, 4) is 0 Å². The first kappa shape index (κ1) is 16.5. The Bertz CT molecular complexity index is 620. The van der Waals surface area contributed by atoms with Crippen LogP contribution < -0.4 is 4.90 Å². The third-order valence-corrected chi connectivity index (χ3v) is 4.43. The first-order valence-electron chi connectivity index (χ1n) is 6.74. The molecule has 1 amide bonds. The summed E-state index contributed by atoms with van der Waals surface area (Å²) in [6.45, 7) is 1.83. The fourth-order valence-electron chi connectivity index (χ4n) is 2.37. The van der Waals surface area contributed by atoms with E-state index >= 15 is 0 Å². The van der Waals surface area contributed by atoms with Gasteiger partial charge in [-0.25, -0.2) is 9.18 Å². The number of anilines is 1. The number of methoxy groups -OCH3 is 1. The molecular formula is C15H16FNO4S. The minimum absolute atomic E-state index is 0.00448. The quantitative estimate of drug-likeness (QED) is 0.795. The van der Waals surface area contributed by atoms with Crippen LogP contribution in [0, 0.1) is 11.7 Å². The highest BCUT2D eigenvalue weighted by Crippen LogP contribution is 2.31. The van der Waals surface area contributed by atoms with Gasteiger partial charge in [0.15, 0.2) is 5.12 Å². The summed E-state index contributed by atoms with van der Waals surface area (Å²) in [5, 5.41) is -0.00750. The van der Waals surface area contributed by atoms with Crippen LogP contribution in [0.4, 0.5) is 10.1 Å². The fourth-order valence-corrected chi connectivity index (χ4v) is 3.07. The van der Waals surface area contributed by atoms with E-state index in [2.05, 4.69) is 4.74 Å². The van der Waals surface area contributed by atoms with Crippen molar-refractivity contribution in [3.05, 3.63) is 29.6 Å². The van der Waals surface area contributed by atoms with Crippen molar-refractivity contribution < 1.29 is 23.5 Å². The van der Waals surface area contributed by atoms with Gasteiger partial charge >= 0.3 is 5.97 Å². The Morgan fingerprint density at radius 1 is 1.45 bits per heavy atom. The highest BCUT2D eigenvalue weighted by atomic mass is 32.2. The molecule has 1 aliphatic rings. The van der Waals surface area contributed by atoms with Gasteiger partial charge in [0.2, 0.25) is 5.91 Å². The van der Waals surface area contributed by atoms with E-state index in [0.29, 0.717) is 12.3 Å². The van der Waals surface area contributed by atoms with Crippen molar-refractivity contribution in [1.82, 2.24) is 0 Å². The molecule has 1 fully saturated rings. The van der Waals surface area contributed by atoms with E-state index in [0.717, 1.165) is 23.9 Å². The lowest BCUT2D eigenvalue weighted by molar-refractivity contribution is -0.117. The number of amides is 1. The van der Waals surface area contributed by atoms with Gasteiger partial charge in [-0.1, -0.05) is 11.8 Å². The summed E-state index contributed by atoms with van der Waals surface area (Å²) >= 11 is 1.16. The summed E-state index contributed by atoms with van der Waals surface area (Å²) in [6, 6.07) is 3.62. The van der Waals surface area contributed by atoms with E-state index in [9.17, 15) is 18.8 Å². The Morgan fingerprint density at radius 2 is 2.18 bits per heavy atom. The molecule has 7 heteroatoms. The third kappa shape index (κ3) is 3.65. The number of hydrogen-bond acceptors (Lipinski definition) is 5. The zero-order valence-electron chi connectivity index (χ0n) is 12.3. The lowest BCUT2D eigenvalue weighted by atomic mass is 10.1. The molecule has 0 saturated carbocycles. The molecule has 0 bridgehead atoms. The molecule has 5 nitrogen and oxygen atoms in total. The molecule has 1 unspecified atom stereocenters. The molecule has 0 spiro atoms. The number of esters is 1. The molecule has 0 N–H and O–H groups in total. The van der Waals surface area contributed by atoms with Crippen LogP contribution in [-0.4, -0.2) is 36.4 Å². The minimum atomic E-state index is -0.621. The third-order valence-electron chi connectivity index (χ3n) is 3.38. The molecule has 0 aromatic heterocycles. The monoisotopic (exact) mass is 325 g/mol. The van der Waals surface area contributed by atoms with Gasteiger partial charge in [-0.15, -0.1) is 0 Å². The minimum Gasteiger partial charge on any atom is -0.465 e. The van der Waals surface area contributed by atoms with Crippen molar-refractivity contribution in [1.29, 1.82) is 0 Å². The number of halogens is 1. The summed E-state index contributed by atoms with van der Waals surface area (Å²) in [5.41, 5.74) is 0.365. The van der Waals surface area contributed by atoms with Crippen molar-refractivity contribution in [2.24, 2.45) is 5.92 Å². The van der Waals surface area contributed by atoms with Crippen molar-refractivity contribution >= 4 is 34.4 Å². The summed E-state index contributed by atoms with van der Waals surface area (Å²) in [6.07, 6.45) is 0.275. The zero-order chi connectivity index (χ0) is 16.3. The van der Waals surface area contributed by atoms with Crippen LogP contribution in [0.2, 0.25) is 0 Å². The van der Waals surface area contributed by atoms with Gasteiger partial charge in [-0.05, 0) is 24.1 Å². The van der Waals surface area contributed by atoms with E-state index in [1.165, 1.54) is 25.0 Å². The molecule has 2 rings (SSSR count). The number of hydrogen-bond donors (Lipinski definition) is 0. The van der Waals surface area contributed by atoms with Crippen LogP contribution in [0.5, 0.6) is 0 Å². The van der Waals surface area contributed by atoms with E-state index < -0.39 is 11.8 Å². The largest absolute Gasteiger partial charge is 0.465 e. The Balaban J connectivity index is 2.24. The van der Waals surface area contributed by atoms with Crippen molar-refractivity contribution in [2.45, 2.75) is 13.3 Å². The fraction of sp³-hybridized carbons (Fsp3) is 0.400. The number of thioether (sulfide) groups is 1. The number of nitrogens with zero attached hydrogens (tertiary/aromatic N) is 1. The van der Waals surface area contributed by atoms with Gasteiger partial charge in [0, 0.05) is 25.6 Å². The van der Waals surface area contributed by atoms with Gasteiger partial charge in [0.25, 0.3) is 0 Å². The molecule has 1 aromatic carbocycles. The highest BCUT2D eigenvalue weighted by Gasteiger charge is 2.33. The van der Waals surface area contributed by atoms with Crippen LogP contribution in [0.3, 0.4) is 0 Å². The van der Waals surface area contributed by atoms with Crippen molar-refractivity contribution in [2.75, 3.05) is 24.3 Å². The second-order valence-corrected chi connectivity index (χ2v) is 6.23. The van der Waals surface area contributed by atoms with Crippen LogP contribution in [0.1, 0.15) is 23.7 Å². The van der Waals surface area contributed by atoms with Gasteiger partial charge < -0.3 is 9.64 Å². The van der Waals surface area contributed by atoms with Crippen LogP contribution in [0.25, 0.3) is 0 Å². The normalized spacial score (nSPS) is 17.7. The maximum atomic E-state index is 13.5. The molecule has 1 aromatic rings. The summed E-state index contributed by atoms with van der Waals surface area (Å²) in [7, 11) is 1.23. The molecule has 0 radical (unpaired) electrons. The number of carbonyl (C=O) groups is 3. The van der Waals surface area contributed by atoms with E-state index in [1.807, 2.05) is 0 Å². The molecule has 0 aliphatic carbocycles. The predicted octanol–water partition coefficient (Wildman–Crippen LogP) is 2.24. The average molecular weight is 325 g/mol. The Kier molecular flexibility index (Phi) is 5.18. The molecule has 118 valence electrons. The molecule has 1 aliphatic heterocycles. The van der Waals surface area contributed by atoms with Gasteiger partial charge in [0.05, 0.1) is 18.4 Å². The standard InChI is InChI=1S/C15H16FNO4S/c1-9(18)22-8-10-5-14(19)17(7-10)13-6-11(16)3-4-12(13)15(20)21-2/h3-4,6,10H,5,7-8H2,1-2H3.